The third-order valence-corrected chi connectivity index (χ3v) is 3.02. The standard InChI is InChI=1S/C15H15NO5/c1-9(6-13(17)18)8-16-14(19)11-7-10-4-2-3-5-12(10)21-15(11)20/h2-5,7,9H,6,8H2,1H3,(H,16,19)(H,17,18). The first-order valence-corrected chi connectivity index (χ1v) is 6.50. The predicted molar refractivity (Wildman–Crippen MR) is 76.2 cm³/mol. The zero-order valence-electron chi connectivity index (χ0n) is 11.5. The number of rotatable bonds is 5. The van der Waals surface area contributed by atoms with Crippen molar-refractivity contribution in [1.29, 1.82) is 0 Å². The van der Waals surface area contributed by atoms with E-state index in [9.17, 15) is 14.4 Å². The molecule has 6 nitrogen and oxygen atoms in total. The smallest absolute Gasteiger partial charge is 0.349 e. The maximum Gasteiger partial charge on any atom is 0.349 e. The summed E-state index contributed by atoms with van der Waals surface area (Å²) in [5.74, 6) is -1.72. The molecule has 1 amide bonds. The highest BCUT2D eigenvalue weighted by atomic mass is 16.4. The molecule has 1 heterocycles. The normalized spacial score (nSPS) is 12.0. The average Bonchev–Trinajstić information content (AvgIpc) is 2.43. The maximum atomic E-state index is 12.0. The van der Waals surface area contributed by atoms with E-state index in [0.29, 0.717) is 11.0 Å². The van der Waals surface area contributed by atoms with E-state index in [4.69, 9.17) is 9.52 Å². The van der Waals surface area contributed by atoms with Gasteiger partial charge >= 0.3 is 11.6 Å². The molecule has 0 saturated carbocycles. The van der Waals surface area contributed by atoms with Crippen molar-refractivity contribution >= 4 is 22.8 Å². The largest absolute Gasteiger partial charge is 0.481 e. The van der Waals surface area contributed by atoms with Crippen molar-refractivity contribution in [2.75, 3.05) is 6.54 Å². The zero-order chi connectivity index (χ0) is 15.4. The van der Waals surface area contributed by atoms with E-state index in [-0.39, 0.29) is 24.4 Å². The first kappa shape index (κ1) is 14.8. The van der Waals surface area contributed by atoms with E-state index >= 15 is 0 Å². The van der Waals surface area contributed by atoms with Crippen LogP contribution in [0.2, 0.25) is 0 Å². The second kappa shape index (κ2) is 6.21. The number of aliphatic carboxylic acids is 1. The Morgan fingerprint density at radius 3 is 2.76 bits per heavy atom. The van der Waals surface area contributed by atoms with Crippen LogP contribution in [0.25, 0.3) is 11.0 Å². The number of para-hydroxylation sites is 1. The van der Waals surface area contributed by atoms with Gasteiger partial charge in [-0.25, -0.2) is 4.79 Å². The van der Waals surface area contributed by atoms with E-state index in [0.717, 1.165) is 0 Å². The number of benzene rings is 1. The van der Waals surface area contributed by atoms with Gasteiger partial charge in [0.15, 0.2) is 0 Å². The van der Waals surface area contributed by atoms with Crippen LogP contribution in [0.3, 0.4) is 0 Å². The number of carboxylic acids is 1. The lowest BCUT2D eigenvalue weighted by atomic mass is 10.1. The van der Waals surface area contributed by atoms with Crippen molar-refractivity contribution < 1.29 is 19.1 Å². The molecule has 0 bridgehead atoms. The number of carboxylic acid groups (broad SMARTS) is 1. The second-order valence-electron chi connectivity index (χ2n) is 4.90. The molecule has 1 atom stereocenters. The number of amides is 1. The first-order chi connectivity index (χ1) is 9.97. The third kappa shape index (κ3) is 3.68. The molecule has 21 heavy (non-hydrogen) atoms. The summed E-state index contributed by atoms with van der Waals surface area (Å²) in [6.45, 7) is 1.88. The van der Waals surface area contributed by atoms with Crippen LogP contribution in [-0.2, 0) is 4.79 Å². The summed E-state index contributed by atoms with van der Waals surface area (Å²) >= 11 is 0. The average molecular weight is 289 g/mol. The van der Waals surface area contributed by atoms with Crippen molar-refractivity contribution in [2.24, 2.45) is 5.92 Å². The summed E-state index contributed by atoms with van der Waals surface area (Å²) in [5, 5.41) is 11.9. The lowest BCUT2D eigenvalue weighted by Gasteiger charge is -2.10. The molecule has 0 aliphatic carbocycles. The van der Waals surface area contributed by atoms with Gasteiger partial charge in [-0.1, -0.05) is 25.1 Å². The SMILES string of the molecule is CC(CNC(=O)c1cc2ccccc2oc1=O)CC(=O)O. The van der Waals surface area contributed by atoms with Gasteiger partial charge < -0.3 is 14.8 Å². The van der Waals surface area contributed by atoms with Crippen molar-refractivity contribution in [3.63, 3.8) is 0 Å². The fourth-order valence-electron chi connectivity index (χ4n) is 1.95. The van der Waals surface area contributed by atoms with Crippen LogP contribution in [-0.4, -0.2) is 23.5 Å². The van der Waals surface area contributed by atoms with E-state index in [1.165, 1.54) is 6.07 Å². The van der Waals surface area contributed by atoms with E-state index in [1.54, 1.807) is 31.2 Å². The molecule has 1 aromatic heterocycles. The molecule has 2 N–H and O–H groups in total. The molecule has 1 unspecified atom stereocenters. The summed E-state index contributed by atoms with van der Waals surface area (Å²) in [6.07, 6.45) is -0.0490. The molecule has 0 fully saturated rings. The number of nitrogens with one attached hydrogen (secondary N) is 1. The Morgan fingerprint density at radius 1 is 1.33 bits per heavy atom. The van der Waals surface area contributed by atoms with E-state index in [2.05, 4.69) is 5.32 Å². The Labute approximate surface area is 120 Å². The van der Waals surface area contributed by atoms with Gasteiger partial charge in [0.25, 0.3) is 5.91 Å². The summed E-state index contributed by atoms with van der Waals surface area (Å²) in [4.78, 5) is 34.3. The van der Waals surface area contributed by atoms with Crippen LogP contribution in [0, 0.1) is 5.92 Å². The van der Waals surface area contributed by atoms with Gasteiger partial charge in [0, 0.05) is 18.4 Å². The summed E-state index contributed by atoms with van der Waals surface area (Å²) in [7, 11) is 0. The van der Waals surface area contributed by atoms with Crippen LogP contribution in [0.4, 0.5) is 0 Å². The van der Waals surface area contributed by atoms with Gasteiger partial charge in [-0.2, -0.15) is 0 Å². The lowest BCUT2D eigenvalue weighted by Crippen LogP contribution is -2.32. The zero-order valence-corrected chi connectivity index (χ0v) is 11.5. The monoisotopic (exact) mass is 289 g/mol. The van der Waals surface area contributed by atoms with Crippen molar-refractivity contribution in [2.45, 2.75) is 13.3 Å². The number of carbonyl (C=O) groups excluding carboxylic acids is 1. The van der Waals surface area contributed by atoms with E-state index in [1.807, 2.05) is 0 Å². The topological polar surface area (TPSA) is 96.6 Å². The van der Waals surface area contributed by atoms with Gasteiger partial charge in [0.1, 0.15) is 11.1 Å². The van der Waals surface area contributed by atoms with Crippen molar-refractivity contribution in [3.8, 4) is 0 Å². The summed E-state index contributed by atoms with van der Waals surface area (Å²) in [6, 6.07) is 8.37. The predicted octanol–water partition coefficient (Wildman–Crippen LogP) is 1.63. The Morgan fingerprint density at radius 2 is 2.05 bits per heavy atom. The van der Waals surface area contributed by atoms with Crippen molar-refractivity contribution in [3.05, 3.63) is 46.3 Å². The number of fused-ring (bicyclic) bond motifs is 1. The number of hydrogen-bond acceptors (Lipinski definition) is 4. The molecular formula is C15H15NO5. The number of hydrogen-bond donors (Lipinski definition) is 2. The molecular weight excluding hydrogens is 274 g/mol. The van der Waals surface area contributed by atoms with Crippen molar-refractivity contribution in [1.82, 2.24) is 5.32 Å². The van der Waals surface area contributed by atoms with Gasteiger partial charge in [-0.3, -0.25) is 9.59 Å². The summed E-state index contributed by atoms with van der Waals surface area (Å²) < 4.78 is 5.07. The minimum atomic E-state index is -0.929. The van der Waals surface area contributed by atoms with Crippen LogP contribution < -0.4 is 10.9 Å². The summed E-state index contributed by atoms with van der Waals surface area (Å²) in [5.41, 5.74) is -0.383. The molecule has 0 aliphatic rings. The fraction of sp³-hybridized carbons (Fsp3) is 0.267. The molecule has 2 rings (SSSR count). The number of carbonyl (C=O) groups is 2. The van der Waals surface area contributed by atoms with Gasteiger partial charge in [0.05, 0.1) is 0 Å². The molecule has 110 valence electrons. The molecule has 0 spiro atoms. The highest BCUT2D eigenvalue weighted by molar-refractivity contribution is 5.96. The van der Waals surface area contributed by atoms with Gasteiger partial charge in [0.2, 0.25) is 0 Å². The quantitative estimate of drug-likeness (QED) is 0.815. The molecule has 0 radical (unpaired) electrons. The maximum absolute atomic E-state index is 12.0. The van der Waals surface area contributed by atoms with Crippen LogP contribution in [0.5, 0.6) is 0 Å². The Balaban J connectivity index is 2.14. The molecule has 1 aromatic carbocycles. The second-order valence-corrected chi connectivity index (χ2v) is 4.90. The van der Waals surface area contributed by atoms with Crippen LogP contribution >= 0.6 is 0 Å². The Bertz CT molecular complexity index is 734. The fourth-order valence-corrected chi connectivity index (χ4v) is 1.95. The minimum absolute atomic E-state index is 0.0490. The molecule has 0 saturated heterocycles. The highest BCUT2D eigenvalue weighted by Gasteiger charge is 2.15. The molecule has 0 aliphatic heterocycles. The third-order valence-electron chi connectivity index (χ3n) is 3.02. The van der Waals surface area contributed by atoms with Crippen LogP contribution in [0.15, 0.2) is 39.5 Å². The Kier molecular flexibility index (Phi) is 4.37. The first-order valence-electron chi connectivity index (χ1n) is 6.50. The van der Waals surface area contributed by atoms with Gasteiger partial charge in [-0.15, -0.1) is 0 Å². The highest BCUT2D eigenvalue weighted by Crippen LogP contribution is 2.12. The van der Waals surface area contributed by atoms with Gasteiger partial charge in [-0.05, 0) is 18.1 Å². The molecule has 2 aromatic rings. The van der Waals surface area contributed by atoms with E-state index < -0.39 is 17.5 Å². The lowest BCUT2D eigenvalue weighted by molar-refractivity contribution is -0.137. The Hall–Kier alpha value is -2.63. The minimum Gasteiger partial charge on any atom is -0.481 e. The van der Waals surface area contributed by atoms with Crippen LogP contribution in [0.1, 0.15) is 23.7 Å². The molecule has 6 heteroatoms.